The fraction of sp³-hybridized carbons (Fsp3) is 0.500. The molecule has 1 amide bonds. The standard InChI is InChI=1S/C18H22N4O4S/c1-3-21-6-8-22(9-7-21)17(23)12(2)27-18-20-19-16(26-18)13-4-5-14-15(10-13)25-11-24-14/h4-5,10,12H,3,6-9,11H2,1-2H3/p+1/t12-/m0/s1. The van der Waals surface area contributed by atoms with E-state index in [2.05, 4.69) is 17.1 Å². The van der Waals surface area contributed by atoms with E-state index in [0.717, 1.165) is 38.3 Å². The van der Waals surface area contributed by atoms with E-state index in [4.69, 9.17) is 13.9 Å². The molecule has 1 aromatic heterocycles. The van der Waals surface area contributed by atoms with Gasteiger partial charge in [-0.3, -0.25) is 4.79 Å². The van der Waals surface area contributed by atoms with Crippen LogP contribution in [0.25, 0.3) is 11.5 Å². The summed E-state index contributed by atoms with van der Waals surface area (Å²) >= 11 is 1.30. The lowest BCUT2D eigenvalue weighted by atomic mass is 10.2. The first-order valence-electron chi connectivity index (χ1n) is 9.16. The van der Waals surface area contributed by atoms with Gasteiger partial charge in [-0.25, -0.2) is 0 Å². The molecule has 2 aliphatic heterocycles. The molecule has 3 heterocycles. The monoisotopic (exact) mass is 391 g/mol. The predicted molar refractivity (Wildman–Crippen MR) is 99.0 cm³/mol. The van der Waals surface area contributed by atoms with Crippen molar-refractivity contribution in [3.05, 3.63) is 18.2 Å². The maximum absolute atomic E-state index is 12.7. The second-order valence-electron chi connectivity index (χ2n) is 6.63. The summed E-state index contributed by atoms with van der Waals surface area (Å²) in [5.41, 5.74) is 0.760. The molecule has 4 rings (SSSR count). The van der Waals surface area contributed by atoms with Gasteiger partial charge in [0.1, 0.15) is 0 Å². The van der Waals surface area contributed by atoms with E-state index in [1.54, 1.807) is 4.90 Å². The smallest absolute Gasteiger partial charge is 0.277 e. The van der Waals surface area contributed by atoms with E-state index in [1.165, 1.54) is 11.8 Å². The number of likely N-dealkylation sites (N-methyl/N-ethyl adjacent to an activating group) is 1. The Hall–Kier alpha value is -2.26. The summed E-state index contributed by atoms with van der Waals surface area (Å²) in [5, 5.41) is 8.30. The average Bonchev–Trinajstić information content (AvgIpc) is 3.36. The van der Waals surface area contributed by atoms with Gasteiger partial charge in [-0.2, -0.15) is 0 Å². The molecule has 8 nitrogen and oxygen atoms in total. The number of quaternary nitrogens is 1. The van der Waals surface area contributed by atoms with Gasteiger partial charge in [0.15, 0.2) is 11.5 Å². The number of thioether (sulfide) groups is 1. The van der Waals surface area contributed by atoms with Crippen LogP contribution in [0.3, 0.4) is 0 Å². The summed E-state index contributed by atoms with van der Waals surface area (Å²) in [6, 6.07) is 5.48. The van der Waals surface area contributed by atoms with Gasteiger partial charge in [-0.15, -0.1) is 10.2 Å². The molecule has 0 saturated carbocycles. The summed E-state index contributed by atoms with van der Waals surface area (Å²) in [6.07, 6.45) is 0. The Kier molecular flexibility index (Phi) is 5.22. The highest BCUT2D eigenvalue weighted by Gasteiger charge is 2.28. The number of benzene rings is 1. The zero-order valence-electron chi connectivity index (χ0n) is 15.4. The van der Waals surface area contributed by atoms with Crippen molar-refractivity contribution in [2.24, 2.45) is 0 Å². The normalized spacial score (nSPS) is 17.9. The lowest BCUT2D eigenvalue weighted by Crippen LogP contribution is -3.14. The van der Waals surface area contributed by atoms with Gasteiger partial charge >= 0.3 is 0 Å². The highest BCUT2D eigenvalue weighted by Crippen LogP contribution is 2.36. The maximum atomic E-state index is 12.7. The number of amides is 1. The van der Waals surface area contributed by atoms with Crippen molar-refractivity contribution in [1.29, 1.82) is 0 Å². The van der Waals surface area contributed by atoms with Gasteiger partial charge in [0, 0.05) is 5.56 Å². The number of ether oxygens (including phenoxy) is 2. The van der Waals surface area contributed by atoms with Crippen LogP contribution in [0.4, 0.5) is 0 Å². The van der Waals surface area contributed by atoms with Crippen LogP contribution in [0, 0.1) is 0 Å². The van der Waals surface area contributed by atoms with Gasteiger partial charge in [0.05, 0.1) is 38.0 Å². The lowest BCUT2D eigenvalue weighted by molar-refractivity contribution is -0.902. The number of carbonyl (C=O) groups excluding carboxylic acids is 1. The Labute approximate surface area is 161 Å². The van der Waals surface area contributed by atoms with E-state index in [0.29, 0.717) is 22.6 Å². The molecule has 0 unspecified atom stereocenters. The first kappa shape index (κ1) is 18.1. The molecule has 0 spiro atoms. The number of rotatable bonds is 5. The third-order valence-corrected chi connectivity index (χ3v) is 5.86. The third-order valence-electron chi connectivity index (χ3n) is 4.93. The molecule has 1 N–H and O–H groups in total. The Balaban J connectivity index is 1.38. The van der Waals surface area contributed by atoms with Crippen molar-refractivity contribution in [3.8, 4) is 23.0 Å². The van der Waals surface area contributed by atoms with E-state index >= 15 is 0 Å². The second-order valence-corrected chi connectivity index (χ2v) is 7.92. The van der Waals surface area contributed by atoms with Crippen LogP contribution in [0.1, 0.15) is 13.8 Å². The number of aromatic nitrogens is 2. The number of fused-ring (bicyclic) bond motifs is 1. The number of nitrogens with one attached hydrogen (secondary N) is 1. The van der Waals surface area contributed by atoms with Gasteiger partial charge in [0.2, 0.25) is 18.6 Å². The van der Waals surface area contributed by atoms with Crippen molar-refractivity contribution in [1.82, 2.24) is 15.1 Å². The number of carbonyl (C=O) groups is 1. The molecular formula is C18H23N4O4S+. The molecular weight excluding hydrogens is 368 g/mol. The molecule has 1 fully saturated rings. The Morgan fingerprint density at radius 2 is 2.04 bits per heavy atom. The van der Waals surface area contributed by atoms with Crippen LogP contribution in [-0.4, -0.2) is 65.8 Å². The van der Waals surface area contributed by atoms with E-state index < -0.39 is 0 Å². The van der Waals surface area contributed by atoms with E-state index in [1.807, 2.05) is 30.0 Å². The van der Waals surface area contributed by atoms with Gasteiger partial charge in [-0.05, 0) is 32.0 Å². The van der Waals surface area contributed by atoms with E-state index in [9.17, 15) is 4.79 Å². The van der Waals surface area contributed by atoms with Crippen molar-refractivity contribution in [2.45, 2.75) is 24.3 Å². The van der Waals surface area contributed by atoms with Crippen LogP contribution >= 0.6 is 11.8 Å². The molecule has 2 aromatic rings. The SMILES string of the molecule is CC[NH+]1CCN(C(=O)[C@H](C)Sc2nnc(-c3ccc4c(c3)OCO4)o2)CC1. The molecule has 0 bridgehead atoms. The highest BCUT2D eigenvalue weighted by molar-refractivity contribution is 8.00. The van der Waals surface area contributed by atoms with Crippen LogP contribution in [0.5, 0.6) is 11.5 Å². The topological polar surface area (TPSA) is 82.1 Å². The Bertz CT molecular complexity index is 819. The molecule has 9 heteroatoms. The predicted octanol–water partition coefficient (Wildman–Crippen LogP) is 0.693. The maximum Gasteiger partial charge on any atom is 0.277 e. The Morgan fingerprint density at radius 3 is 2.81 bits per heavy atom. The van der Waals surface area contributed by atoms with Crippen LogP contribution in [-0.2, 0) is 4.79 Å². The van der Waals surface area contributed by atoms with Gasteiger partial charge in [0.25, 0.3) is 5.22 Å². The third kappa shape index (κ3) is 3.89. The largest absolute Gasteiger partial charge is 0.454 e. The molecule has 144 valence electrons. The highest BCUT2D eigenvalue weighted by atomic mass is 32.2. The summed E-state index contributed by atoms with van der Waals surface area (Å²) in [5.74, 6) is 1.89. The molecule has 27 heavy (non-hydrogen) atoms. The van der Waals surface area contributed by atoms with Crippen molar-refractivity contribution in [3.63, 3.8) is 0 Å². The van der Waals surface area contributed by atoms with Gasteiger partial charge < -0.3 is 23.7 Å². The number of piperazine rings is 1. The summed E-state index contributed by atoms with van der Waals surface area (Å²) in [4.78, 5) is 16.2. The first-order chi connectivity index (χ1) is 13.1. The average molecular weight is 391 g/mol. The van der Waals surface area contributed by atoms with Crippen LogP contribution in [0.2, 0.25) is 0 Å². The zero-order chi connectivity index (χ0) is 18.8. The number of hydrogen-bond acceptors (Lipinski definition) is 7. The number of hydrogen-bond donors (Lipinski definition) is 1. The van der Waals surface area contributed by atoms with Crippen LogP contribution in [0.15, 0.2) is 27.8 Å². The molecule has 1 atom stereocenters. The molecule has 1 saturated heterocycles. The van der Waals surface area contributed by atoms with E-state index in [-0.39, 0.29) is 18.0 Å². The fourth-order valence-electron chi connectivity index (χ4n) is 3.26. The molecule has 0 aliphatic carbocycles. The fourth-order valence-corrected chi connectivity index (χ4v) is 4.03. The lowest BCUT2D eigenvalue weighted by Gasteiger charge is -2.32. The van der Waals surface area contributed by atoms with Gasteiger partial charge in [-0.1, -0.05) is 11.8 Å². The summed E-state index contributed by atoms with van der Waals surface area (Å²) in [7, 11) is 0. The zero-order valence-corrected chi connectivity index (χ0v) is 16.3. The molecule has 0 radical (unpaired) electrons. The second kappa shape index (κ2) is 7.77. The van der Waals surface area contributed by atoms with Crippen molar-refractivity contribution < 1.29 is 23.6 Å². The Morgan fingerprint density at radius 1 is 1.26 bits per heavy atom. The minimum Gasteiger partial charge on any atom is -0.454 e. The summed E-state index contributed by atoms with van der Waals surface area (Å²) < 4.78 is 16.4. The number of nitrogens with zero attached hydrogens (tertiary/aromatic N) is 3. The molecule has 1 aromatic carbocycles. The molecule has 2 aliphatic rings. The summed E-state index contributed by atoms with van der Waals surface area (Å²) in [6.45, 7) is 9.02. The van der Waals surface area contributed by atoms with Crippen molar-refractivity contribution in [2.75, 3.05) is 39.5 Å². The quantitative estimate of drug-likeness (QED) is 0.751. The minimum absolute atomic E-state index is 0.123. The minimum atomic E-state index is -0.266. The van der Waals surface area contributed by atoms with Crippen molar-refractivity contribution >= 4 is 17.7 Å². The van der Waals surface area contributed by atoms with Crippen LogP contribution < -0.4 is 14.4 Å². The first-order valence-corrected chi connectivity index (χ1v) is 10.0.